The van der Waals surface area contributed by atoms with E-state index in [1.807, 2.05) is 0 Å². The highest BCUT2D eigenvalue weighted by molar-refractivity contribution is 5.82. The van der Waals surface area contributed by atoms with E-state index < -0.39 is 30.9 Å². The number of aliphatic carboxylic acids is 1. The number of alkyl halides is 3. The van der Waals surface area contributed by atoms with Gasteiger partial charge in [-0.1, -0.05) is 0 Å². The van der Waals surface area contributed by atoms with Crippen molar-refractivity contribution in [3.63, 3.8) is 0 Å². The van der Waals surface area contributed by atoms with Crippen molar-refractivity contribution in [3.05, 3.63) is 0 Å². The van der Waals surface area contributed by atoms with Crippen LogP contribution in [0.5, 0.6) is 0 Å². The fourth-order valence-corrected chi connectivity index (χ4v) is 2.58. The maximum atomic E-state index is 12.3. The Morgan fingerprint density at radius 2 is 1.67 bits per heavy atom. The minimum Gasteiger partial charge on any atom is -0.479 e. The van der Waals surface area contributed by atoms with E-state index in [-0.39, 0.29) is 38.5 Å². The van der Waals surface area contributed by atoms with E-state index in [0.717, 1.165) is 0 Å². The number of nitrogens with zero attached hydrogens (tertiary/aromatic N) is 2. The molecule has 2 saturated heterocycles. The van der Waals surface area contributed by atoms with Crippen molar-refractivity contribution in [1.82, 2.24) is 9.80 Å². The van der Waals surface area contributed by atoms with Crippen LogP contribution in [0.4, 0.5) is 13.2 Å². The molecule has 0 spiro atoms. The van der Waals surface area contributed by atoms with Crippen LogP contribution in [-0.2, 0) is 14.3 Å². The number of hydrogen-bond donors (Lipinski definition) is 1. The van der Waals surface area contributed by atoms with Crippen LogP contribution >= 0.6 is 0 Å². The number of ether oxygens (including phenoxy) is 1. The average molecular weight is 310 g/mol. The van der Waals surface area contributed by atoms with Gasteiger partial charge in [0.05, 0.1) is 6.54 Å². The van der Waals surface area contributed by atoms with E-state index in [2.05, 4.69) is 0 Å². The van der Waals surface area contributed by atoms with Gasteiger partial charge in [-0.15, -0.1) is 0 Å². The van der Waals surface area contributed by atoms with Crippen molar-refractivity contribution >= 4 is 11.9 Å². The molecule has 0 saturated carbocycles. The second-order valence-electron chi connectivity index (χ2n) is 5.25. The molecule has 1 amide bonds. The monoisotopic (exact) mass is 310 g/mol. The lowest BCUT2D eigenvalue weighted by atomic mass is 10.1. The zero-order valence-corrected chi connectivity index (χ0v) is 11.3. The molecule has 2 atom stereocenters. The molecular weight excluding hydrogens is 293 g/mol. The zero-order valence-electron chi connectivity index (χ0n) is 11.3. The highest BCUT2D eigenvalue weighted by Gasteiger charge is 2.38. The van der Waals surface area contributed by atoms with Crippen molar-refractivity contribution in [3.8, 4) is 0 Å². The number of amides is 1. The van der Waals surface area contributed by atoms with Gasteiger partial charge in [0.25, 0.3) is 5.91 Å². The zero-order chi connectivity index (χ0) is 15.6. The molecular formula is C12H17F3N2O4. The van der Waals surface area contributed by atoms with Crippen LogP contribution in [0.3, 0.4) is 0 Å². The molecule has 2 aliphatic rings. The third kappa shape index (κ3) is 4.31. The number of carboxylic acid groups (broad SMARTS) is 1. The summed E-state index contributed by atoms with van der Waals surface area (Å²) in [5.74, 6) is -1.43. The Kier molecular flexibility index (Phi) is 4.72. The smallest absolute Gasteiger partial charge is 0.401 e. The first kappa shape index (κ1) is 16.0. The molecule has 21 heavy (non-hydrogen) atoms. The second-order valence-corrected chi connectivity index (χ2v) is 5.25. The summed E-state index contributed by atoms with van der Waals surface area (Å²) in [6.45, 7) is -0.268. The van der Waals surface area contributed by atoms with Crippen molar-refractivity contribution < 1.29 is 32.6 Å². The predicted molar refractivity (Wildman–Crippen MR) is 64.6 cm³/mol. The van der Waals surface area contributed by atoms with E-state index in [1.54, 1.807) is 0 Å². The van der Waals surface area contributed by atoms with Crippen LogP contribution in [0.15, 0.2) is 0 Å². The van der Waals surface area contributed by atoms with Gasteiger partial charge < -0.3 is 14.7 Å². The Labute approximate surface area is 119 Å². The highest BCUT2D eigenvalue weighted by Crippen LogP contribution is 2.23. The first-order chi connectivity index (χ1) is 9.76. The number of piperazine rings is 1. The van der Waals surface area contributed by atoms with Gasteiger partial charge >= 0.3 is 12.1 Å². The van der Waals surface area contributed by atoms with Gasteiger partial charge in [0.1, 0.15) is 6.10 Å². The van der Waals surface area contributed by atoms with E-state index in [0.29, 0.717) is 6.42 Å². The van der Waals surface area contributed by atoms with Crippen molar-refractivity contribution in [1.29, 1.82) is 0 Å². The summed E-state index contributed by atoms with van der Waals surface area (Å²) in [4.78, 5) is 25.6. The largest absolute Gasteiger partial charge is 0.479 e. The average Bonchev–Trinajstić information content (AvgIpc) is 2.86. The summed E-state index contributed by atoms with van der Waals surface area (Å²) in [6.07, 6.45) is -5.39. The standard InChI is InChI=1S/C12H17F3N2O4/c13-12(14,15)7-16-3-5-17(6-4-16)10(18)8-1-2-9(21-8)11(19)20/h8-9H,1-7H2,(H,19,20). The maximum absolute atomic E-state index is 12.3. The number of carbonyl (C=O) groups excluding carboxylic acids is 1. The van der Waals surface area contributed by atoms with Crippen molar-refractivity contribution in [2.24, 2.45) is 0 Å². The quantitative estimate of drug-likeness (QED) is 0.813. The SMILES string of the molecule is O=C(O)C1CCC(C(=O)N2CCN(CC(F)(F)F)CC2)O1. The predicted octanol–water partition coefficient (Wildman–Crippen LogP) is 0.325. The van der Waals surface area contributed by atoms with Gasteiger partial charge in [0, 0.05) is 26.2 Å². The summed E-state index contributed by atoms with van der Waals surface area (Å²) in [5.41, 5.74) is 0. The van der Waals surface area contributed by atoms with Gasteiger partial charge in [0.2, 0.25) is 0 Å². The topological polar surface area (TPSA) is 70.1 Å². The minimum absolute atomic E-state index is 0.153. The normalized spacial score (nSPS) is 27.9. The highest BCUT2D eigenvalue weighted by atomic mass is 19.4. The van der Waals surface area contributed by atoms with Crippen LogP contribution in [0.25, 0.3) is 0 Å². The van der Waals surface area contributed by atoms with Gasteiger partial charge in [0.15, 0.2) is 6.10 Å². The summed E-state index contributed by atoms with van der Waals surface area (Å²) in [6, 6.07) is 0. The Morgan fingerprint density at radius 3 is 2.14 bits per heavy atom. The first-order valence-electron chi connectivity index (χ1n) is 6.72. The molecule has 0 aromatic heterocycles. The Morgan fingerprint density at radius 1 is 1.10 bits per heavy atom. The summed E-state index contributed by atoms with van der Waals surface area (Å²) in [5, 5.41) is 8.80. The minimum atomic E-state index is -4.24. The number of halogens is 3. The molecule has 2 heterocycles. The van der Waals surface area contributed by atoms with Gasteiger partial charge in [-0.3, -0.25) is 9.69 Å². The summed E-state index contributed by atoms with van der Waals surface area (Å²) >= 11 is 0. The molecule has 6 nitrogen and oxygen atoms in total. The van der Waals surface area contributed by atoms with Crippen LogP contribution in [0.1, 0.15) is 12.8 Å². The molecule has 2 rings (SSSR count). The molecule has 0 radical (unpaired) electrons. The molecule has 120 valence electrons. The van der Waals surface area contributed by atoms with Crippen LogP contribution in [0, 0.1) is 0 Å². The van der Waals surface area contributed by atoms with Gasteiger partial charge in [-0.25, -0.2) is 4.79 Å². The lowest BCUT2D eigenvalue weighted by Crippen LogP contribution is -2.53. The van der Waals surface area contributed by atoms with E-state index in [9.17, 15) is 22.8 Å². The number of carbonyl (C=O) groups is 2. The molecule has 2 unspecified atom stereocenters. The molecule has 0 aromatic rings. The second kappa shape index (κ2) is 6.18. The fourth-order valence-electron chi connectivity index (χ4n) is 2.58. The molecule has 0 aliphatic carbocycles. The van der Waals surface area contributed by atoms with Crippen LogP contribution in [-0.4, -0.2) is 77.9 Å². The molecule has 1 N–H and O–H groups in total. The Balaban J connectivity index is 1.80. The third-order valence-electron chi connectivity index (χ3n) is 3.66. The lowest BCUT2D eigenvalue weighted by Gasteiger charge is -2.35. The number of rotatable bonds is 3. The molecule has 0 bridgehead atoms. The molecule has 9 heteroatoms. The third-order valence-corrected chi connectivity index (χ3v) is 3.66. The van der Waals surface area contributed by atoms with E-state index in [4.69, 9.17) is 9.84 Å². The van der Waals surface area contributed by atoms with Gasteiger partial charge in [-0.2, -0.15) is 13.2 Å². The first-order valence-corrected chi connectivity index (χ1v) is 6.72. The van der Waals surface area contributed by atoms with Gasteiger partial charge in [-0.05, 0) is 12.8 Å². The Hall–Kier alpha value is -1.35. The van der Waals surface area contributed by atoms with Crippen LogP contribution in [0.2, 0.25) is 0 Å². The lowest BCUT2D eigenvalue weighted by molar-refractivity contribution is -0.158. The van der Waals surface area contributed by atoms with Crippen molar-refractivity contribution in [2.75, 3.05) is 32.7 Å². The molecule has 2 aliphatic heterocycles. The van der Waals surface area contributed by atoms with Crippen LogP contribution < -0.4 is 0 Å². The fraction of sp³-hybridized carbons (Fsp3) is 0.833. The summed E-state index contributed by atoms with van der Waals surface area (Å²) in [7, 11) is 0. The van der Waals surface area contributed by atoms with E-state index in [1.165, 1.54) is 9.80 Å². The number of hydrogen-bond acceptors (Lipinski definition) is 4. The summed E-state index contributed by atoms with van der Waals surface area (Å²) < 4.78 is 41.9. The van der Waals surface area contributed by atoms with Crippen molar-refractivity contribution in [2.45, 2.75) is 31.2 Å². The number of carboxylic acids is 1. The molecule has 2 fully saturated rings. The molecule has 0 aromatic carbocycles. The maximum Gasteiger partial charge on any atom is 0.401 e. The van der Waals surface area contributed by atoms with E-state index >= 15 is 0 Å². The Bertz CT molecular complexity index is 408.